The number of sulfonamides is 1. The molecule has 0 spiro atoms. The van der Waals surface area contributed by atoms with Gasteiger partial charge in [0.15, 0.2) is 0 Å². The van der Waals surface area contributed by atoms with Crippen molar-refractivity contribution in [3.05, 3.63) is 72.8 Å². The summed E-state index contributed by atoms with van der Waals surface area (Å²) in [4.78, 5) is 0. The van der Waals surface area contributed by atoms with Crippen molar-refractivity contribution in [1.29, 1.82) is 0 Å². The van der Waals surface area contributed by atoms with Crippen LogP contribution < -0.4 is 4.49 Å². The Kier molecular flexibility index (Phi) is 4.51. The highest BCUT2D eigenvalue weighted by Gasteiger charge is 2.47. The Morgan fingerprint density at radius 2 is 1.16 bits per heavy atom. The molecule has 0 amide bonds. The van der Waals surface area contributed by atoms with E-state index in [0.717, 1.165) is 21.5 Å². The maximum Gasteiger partial charge on any atom is 0.512 e. The average Bonchev–Trinajstić information content (AvgIpc) is 2.89. The van der Waals surface area contributed by atoms with Gasteiger partial charge in [-0.1, -0.05) is 60.7 Å². The van der Waals surface area contributed by atoms with Crippen molar-refractivity contribution in [1.82, 2.24) is 0 Å². The molecular weight excluding hydrogens is 450 g/mol. The number of hydrogen-bond acceptors (Lipinski definition) is 4. The van der Waals surface area contributed by atoms with E-state index in [1.54, 1.807) is 24.3 Å². The number of benzene rings is 4. The molecule has 0 unspecified atom stereocenters. The van der Waals surface area contributed by atoms with E-state index < -0.39 is 23.7 Å². The summed E-state index contributed by atoms with van der Waals surface area (Å²) in [7, 11) is -8.37. The maximum absolute atomic E-state index is 12.9. The summed E-state index contributed by atoms with van der Waals surface area (Å²) in [6.07, 6.45) is 0. The minimum absolute atomic E-state index is 0.227. The van der Waals surface area contributed by atoms with Crippen molar-refractivity contribution in [2.24, 2.45) is 0 Å². The molecule has 5 aromatic rings. The van der Waals surface area contributed by atoms with Gasteiger partial charge in [-0.3, -0.25) is 0 Å². The predicted molar refractivity (Wildman–Crippen MR) is 116 cm³/mol. The smallest absolute Gasteiger partial charge is 0.407 e. The Morgan fingerprint density at radius 1 is 0.710 bits per heavy atom. The molecule has 0 aliphatic heterocycles. The third kappa shape index (κ3) is 3.35. The molecule has 31 heavy (non-hydrogen) atoms. The molecule has 0 aliphatic rings. The zero-order valence-electron chi connectivity index (χ0n) is 15.6. The molecule has 158 valence electrons. The zero-order valence-corrected chi connectivity index (χ0v) is 17.3. The van der Waals surface area contributed by atoms with E-state index in [2.05, 4.69) is 0 Å². The third-order valence-electron chi connectivity index (χ3n) is 4.89. The summed E-state index contributed by atoms with van der Waals surface area (Å²) in [6.45, 7) is 0. The number of rotatable bonds is 2. The maximum atomic E-state index is 12.9. The minimum atomic E-state index is -5.67. The van der Waals surface area contributed by atoms with Crippen molar-refractivity contribution in [2.45, 2.75) is 5.51 Å². The van der Waals surface area contributed by atoms with Gasteiger partial charge in [-0.05, 0) is 33.7 Å². The van der Waals surface area contributed by atoms with Crippen LogP contribution in [0.25, 0.3) is 43.5 Å². The van der Waals surface area contributed by atoms with Gasteiger partial charge < -0.3 is 8.39 Å². The van der Waals surface area contributed by atoms with Gasteiger partial charge in [0.2, 0.25) is 0 Å². The molecule has 0 atom stereocenters. The molecule has 0 aliphatic carbocycles. The lowest BCUT2D eigenvalue weighted by molar-refractivity contribution is -0.0428. The van der Waals surface area contributed by atoms with Crippen LogP contribution in [-0.4, -0.2) is 13.9 Å². The van der Waals surface area contributed by atoms with E-state index in [1.807, 2.05) is 48.5 Å². The monoisotopic (exact) mass is 463 g/mol. The zero-order chi connectivity index (χ0) is 21.8. The van der Waals surface area contributed by atoms with Crippen LogP contribution in [0, 0.1) is 0 Å². The highest BCUT2D eigenvalue weighted by Crippen LogP contribution is 2.41. The van der Waals surface area contributed by atoms with Gasteiger partial charge in [-0.2, -0.15) is 13.2 Å². The van der Waals surface area contributed by atoms with Gasteiger partial charge >= 0.3 is 23.7 Å². The first kappa shape index (κ1) is 19.9. The molecule has 1 N–H and O–H groups in total. The molecule has 1 aromatic heterocycles. The highest BCUT2D eigenvalue weighted by molar-refractivity contribution is 7.98. The van der Waals surface area contributed by atoms with Gasteiger partial charge in [0.05, 0.1) is 0 Å². The van der Waals surface area contributed by atoms with Crippen LogP contribution in [0.1, 0.15) is 0 Å². The van der Waals surface area contributed by atoms with Crippen LogP contribution in [0.3, 0.4) is 0 Å². The van der Waals surface area contributed by atoms with Gasteiger partial charge in [-0.15, -0.1) is 4.49 Å². The SMILES string of the molecule is O=S(=O)(Np1oc2ccc3ccccc3c2c2c(ccc3ccccc32)o1)C(F)(F)F. The fourth-order valence-corrected chi connectivity index (χ4v) is 5.75. The van der Waals surface area contributed by atoms with Crippen molar-refractivity contribution in [2.75, 3.05) is 4.49 Å². The Labute approximate surface area is 174 Å². The summed E-state index contributed by atoms with van der Waals surface area (Å²) in [5, 5.41) is 4.65. The molecule has 0 radical (unpaired) electrons. The molecular formula is C21H13F3NO4PS. The molecule has 0 bridgehead atoms. The largest absolute Gasteiger partial charge is 0.512 e. The lowest BCUT2D eigenvalue weighted by atomic mass is 9.99. The fraction of sp³-hybridized carbons (Fsp3) is 0.0476. The lowest BCUT2D eigenvalue weighted by Gasteiger charge is -2.06. The van der Waals surface area contributed by atoms with Gasteiger partial charge in [0.25, 0.3) is 0 Å². The van der Waals surface area contributed by atoms with E-state index in [1.165, 1.54) is 4.49 Å². The molecule has 5 rings (SSSR count). The second-order valence-electron chi connectivity index (χ2n) is 6.80. The van der Waals surface area contributed by atoms with Crippen LogP contribution >= 0.6 is 8.16 Å². The van der Waals surface area contributed by atoms with Gasteiger partial charge in [0.1, 0.15) is 11.2 Å². The van der Waals surface area contributed by atoms with Gasteiger partial charge in [-0.25, -0.2) is 8.42 Å². The molecule has 0 fully saturated rings. The van der Waals surface area contributed by atoms with E-state index in [4.69, 9.17) is 8.39 Å². The Morgan fingerprint density at radius 3 is 1.61 bits per heavy atom. The van der Waals surface area contributed by atoms with Crippen molar-refractivity contribution >= 4 is 61.7 Å². The van der Waals surface area contributed by atoms with Crippen molar-refractivity contribution < 1.29 is 30.0 Å². The van der Waals surface area contributed by atoms with Crippen LogP contribution in [0.15, 0.2) is 81.2 Å². The summed E-state index contributed by atoms with van der Waals surface area (Å²) in [5.41, 5.74) is -5.04. The number of fused-ring (bicyclic) bond motifs is 7. The summed E-state index contributed by atoms with van der Waals surface area (Å²) in [6, 6.07) is 21.7. The third-order valence-corrected chi connectivity index (χ3v) is 7.79. The van der Waals surface area contributed by atoms with Gasteiger partial charge in [0, 0.05) is 10.8 Å². The van der Waals surface area contributed by atoms with Crippen LogP contribution in [-0.2, 0) is 10.0 Å². The van der Waals surface area contributed by atoms with E-state index in [-0.39, 0.29) is 11.2 Å². The predicted octanol–water partition coefficient (Wildman–Crippen LogP) is 6.99. The molecule has 4 aromatic carbocycles. The fourth-order valence-electron chi connectivity index (χ4n) is 3.56. The molecule has 10 heteroatoms. The van der Waals surface area contributed by atoms with E-state index in [0.29, 0.717) is 10.8 Å². The molecule has 0 saturated heterocycles. The summed E-state index contributed by atoms with van der Waals surface area (Å²) >= 11 is 0. The Hall–Kier alpha value is -3.00. The van der Waals surface area contributed by atoms with Crippen molar-refractivity contribution in [3.63, 3.8) is 0 Å². The minimum Gasteiger partial charge on any atom is -0.407 e. The van der Waals surface area contributed by atoms with Crippen LogP contribution in [0.2, 0.25) is 0 Å². The number of hydrogen-bond donors (Lipinski definition) is 1. The first-order valence-electron chi connectivity index (χ1n) is 9.03. The number of nitrogens with one attached hydrogen (secondary N) is 1. The Bertz CT molecular complexity index is 1530. The number of halogens is 3. The summed E-state index contributed by atoms with van der Waals surface area (Å²) in [5.74, 6) is 0. The van der Waals surface area contributed by atoms with Crippen molar-refractivity contribution in [3.8, 4) is 0 Å². The van der Waals surface area contributed by atoms with E-state index in [9.17, 15) is 21.6 Å². The summed E-state index contributed by atoms with van der Waals surface area (Å²) < 4.78 is 75.1. The lowest BCUT2D eigenvalue weighted by Crippen LogP contribution is -2.28. The highest BCUT2D eigenvalue weighted by atomic mass is 32.2. The number of alkyl halides is 3. The van der Waals surface area contributed by atoms with Crippen LogP contribution in [0.5, 0.6) is 0 Å². The molecule has 5 nitrogen and oxygen atoms in total. The second-order valence-corrected chi connectivity index (χ2v) is 9.88. The average molecular weight is 463 g/mol. The second kappa shape index (κ2) is 7.02. The van der Waals surface area contributed by atoms with Crippen LogP contribution in [0.4, 0.5) is 13.2 Å². The standard InChI is InChI=1S/C21H13F3NO4PS/c22-21(23,24)31(26,27)25-30-28-17-11-9-13-5-1-3-7-15(13)19(17)20-16-8-4-2-6-14(16)10-12-18(20)29-30/h1-12,25H. The topological polar surface area (TPSA) is 72.5 Å². The normalized spacial score (nSPS) is 12.7. The molecule has 0 saturated carbocycles. The molecule has 1 heterocycles. The first-order valence-corrected chi connectivity index (χ1v) is 11.7. The quantitative estimate of drug-likeness (QED) is 0.306. The van der Waals surface area contributed by atoms with E-state index >= 15 is 0 Å². The Balaban J connectivity index is 1.99. The first-order chi connectivity index (χ1) is 14.7.